The highest BCUT2D eigenvalue weighted by atomic mass is 32.2. The van der Waals surface area contributed by atoms with Crippen LogP contribution in [0.4, 0.5) is 17.6 Å². The Hall–Kier alpha value is -2.62. The number of sulfonamides is 1. The van der Waals surface area contributed by atoms with Gasteiger partial charge in [-0.2, -0.15) is 0 Å². The van der Waals surface area contributed by atoms with Gasteiger partial charge < -0.3 is 4.74 Å². The van der Waals surface area contributed by atoms with Gasteiger partial charge in [-0.3, -0.25) is 4.79 Å². The second kappa shape index (κ2) is 6.48. The summed E-state index contributed by atoms with van der Waals surface area (Å²) in [4.78, 5) is 11.6. The molecular formula is C14H9F4NO4S. The van der Waals surface area contributed by atoms with Crippen LogP contribution in [-0.2, 0) is 10.0 Å². The van der Waals surface area contributed by atoms with Gasteiger partial charge in [0.25, 0.3) is 5.91 Å². The zero-order valence-electron chi connectivity index (χ0n) is 11.9. The third-order valence-corrected chi connectivity index (χ3v) is 3.22. The van der Waals surface area contributed by atoms with E-state index in [0.29, 0.717) is 24.5 Å². The number of hydrogen-bond acceptors (Lipinski definition) is 4. The molecule has 0 spiro atoms. The summed E-state index contributed by atoms with van der Waals surface area (Å²) in [5.74, 6) is -7.25. The zero-order chi connectivity index (χ0) is 18.1. The third-order valence-electron chi connectivity index (χ3n) is 2.66. The van der Waals surface area contributed by atoms with Crippen molar-refractivity contribution in [1.82, 2.24) is 4.72 Å². The number of halogens is 4. The van der Waals surface area contributed by atoms with E-state index in [1.807, 2.05) is 0 Å². The molecule has 0 heterocycles. The van der Waals surface area contributed by atoms with Crippen LogP contribution in [0.5, 0.6) is 11.5 Å². The van der Waals surface area contributed by atoms with Crippen LogP contribution >= 0.6 is 0 Å². The molecule has 0 aromatic heterocycles. The first-order valence-electron chi connectivity index (χ1n) is 6.21. The Morgan fingerprint density at radius 1 is 0.958 bits per heavy atom. The van der Waals surface area contributed by atoms with Crippen LogP contribution in [0.15, 0.2) is 30.3 Å². The fourth-order valence-corrected chi connectivity index (χ4v) is 2.12. The van der Waals surface area contributed by atoms with E-state index in [-0.39, 0.29) is 5.75 Å². The standard InChI is InChI=1S/C14H9F4NO4S/c1-24(21,22)19-14(20)8-5-12(18)13(6-10(8)16)23-7-2-3-9(15)11(17)4-7/h2-6H,1H3,(H,19,20). The maximum atomic E-state index is 13.9. The SMILES string of the molecule is CS(=O)(=O)NC(=O)c1cc(F)c(Oc2ccc(F)c(F)c2)cc1F. The molecule has 0 saturated heterocycles. The summed E-state index contributed by atoms with van der Waals surface area (Å²) in [6.07, 6.45) is 0.666. The van der Waals surface area contributed by atoms with Gasteiger partial charge in [-0.1, -0.05) is 0 Å². The molecule has 0 fully saturated rings. The molecule has 0 aliphatic rings. The Labute approximate surface area is 133 Å². The lowest BCUT2D eigenvalue weighted by Gasteiger charge is -2.10. The number of rotatable bonds is 4. The van der Waals surface area contributed by atoms with Gasteiger partial charge in [0.2, 0.25) is 10.0 Å². The highest BCUT2D eigenvalue weighted by molar-refractivity contribution is 7.89. The van der Waals surface area contributed by atoms with E-state index in [1.165, 1.54) is 4.72 Å². The van der Waals surface area contributed by atoms with Crippen molar-refractivity contribution in [3.63, 3.8) is 0 Å². The van der Waals surface area contributed by atoms with Crippen molar-refractivity contribution in [3.05, 3.63) is 59.2 Å². The fourth-order valence-electron chi connectivity index (χ4n) is 1.67. The summed E-state index contributed by atoms with van der Waals surface area (Å²) in [5, 5.41) is 0. The van der Waals surface area contributed by atoms with Gasteiger partial charge in [-0.05, 0) is 18.2 Å². The fraction of sp³-hybridized carbons (Fsp3) is 0.0714. The lowest BCUT2D eigenvalue weighted by Crippen LogP contribution is -2.30. The van der Waals surface area contributed by atoms with Crippen LogP contribution in [-0.4, -0.2) is 20.6 Å². The maximum Gasteiger partial charge on any atom is 0.267 e. The molecular weight excluding hydrogens is 354 g/mol. The van der Waals surface area contributed by atoms with Crippen molar-refractivity contribution < 1.29 is 35.5 Å². The van der Waals surface area contributed by atoms with E-state index >= 15 is 0 Å². The van der Waals surface area contributed by atoms with Crippen LogP contribution in [0, 0.1) is 23.3 Å². The van der Waals surface area contributed by atoms with E-state index < -0.39 is 50.5 Å². The van der Waals surface area contributed by atoms with Crippen LogP contribution in [0.2, 0.25) is 0 Å². The lowest BCUT2D eigenvalue weighted by molar-refractivity contribution is 0.0977. The van der Waals surface area contributed by atoms with Crippen LogP contribution in [0.25, 0.3) is 0 Å². The summed E-state index contributed by atoms with van der Waals surface area (Å²) in [6.45, 7) is 0. The molecule has 0 unspecified atom stereocenters. The average molecular weight is 363 g/mol. The Morgan fingerprint density at radius 2 is 1.62 bits per heavy atom. The largest absolute Gasteiger partial charge is 0.454 e. The molecule has 1 amide bonds. The topological polar surface area (TPSA) is 72.5 Å². The Kier molecular flexibility index (Phi) is 4.78. The predicted octanol–water partition coefficient (Wildman–Crippen LogP) is 2.72. The number of hydrogen-bond donors (Lipinski definition) is 1. The smallest absolute Gasteiger partial charge is 0.267 e. The molecule has 0 atom stereocenters. The number of nitrogens with one attached hydrogen (secondary N) is 1. The van der Waals surface area contributed by atoms with Gasteiger partial charge in [0.15, 0.2) is 23.2 Å². The molecule has 2 aromatic rings. The summed E-state index contributed by atoms with van der Waals surface area (Å²) in [5.41, 5.74) is -0.865. The third kappa shape index (κ3) is 4.22. The monoisotopic (exact) mass is 363 g/mol. The maximum absolute atomic E-state index is 13.9. The molecule has 24 heavy (non-hydrogen) atoms. The molecule has 0 aliphatic heterocycles. The van der Waals surface area contributed by atoms with Gasteiger partial charge in [-0.15, -0.1) is 0 Å². The van der Waals surface area contributed by atoms with Gasteiger partial charge >= 0.3 is 0 Å². The van der Waals surface area contributed by atoms with Gasteiger partial charge in [0.1, 0.15) is 11.6 Å². The van der Waals surface area contributed by atoms with Gasteiger partial charge in [0, 0.05) is 12.1 Å². The number of carbonyl (C=O) groups is 1. The summed E-state index contributed by atoms with van der Waals surface area (Å²) in [7, 11) is -3.97. The molecule has 5 nitrogen and oxygen atoms in total. The van der Waals surface area contributed by atoms with Crippen molar-refractivity contribution in [2.45, 2.75) is 0 Å². The number of amides is 1. The molecule has 128 valence electrons. The van der Waals surface area contributed by atoms with Crippen molar-refractivity contribution in [1.29, 1.82) is 0 Å². The molecule has 2 rings (SSSR count). The summed E-state index contributed by atoms with van der Waals surface area (Å²) >= 11 is 0. The minimum absolute atomic E-state index is 0.305. The van der Waals surface area contributed by atoms with Gasteiger partial charge in [-0.25, -0.2) is 30.7 Å². The molecule has 0 saturated carbocycles. The Bertz CT molecular complexity index is 915. The second-order valence-corrected chi connectivity index (χ2v) is 6.39. The van der Waals surface area contributed by atoms with Crippen molar-refractivity contribution in [2.24, 2.45) is 0 Å². The van der Waals surface area contributed by atoms with Crippen molar-refractivity contribution in [2.75, 3.05) is 6.26 Å². The van der Waals surface area contributed by atoms with E-state index in [9.17, 15) is 30.8 Å². The van der Waals surface area contributed by atoms with E-state index in [2.05, 4.69) is 0 Å². The number of ether oxygens (including phenoxy) is 1. The molecule has 0 radical (unpaired) electrons. The second-order valence-electron chi connectivity index (χ2n) is 4.64. The number of carbonyl (C=O) groups excluding carboxylic acids is 1. The zero-order valence-corrected chi connectivity index (χ0v) is 12.8. The normalized spacial score (nSPS) is 11.2. The van der Waals surface area contributed by atoms with Crippen molar-refractivity contribution in [3.8, 4) is 11.5 Å². The summed E-state index contributed by atoms with van der Waals surface area (Å²) in [6, 6.07) is 3.24. The number of benzene rings is 2. The highest BCUT2D eigenvalue weighted by Gasteiger charge is 2.20. The van der Waals surface area contributed by atoms with Crippen molar-refractivity contribution >= 4 is 15.9 Å². The quantitative estimate of drug-likeness (QED) is 0.848. The minimum Gasteiger partial charge on any atom is -0.454 e. The predicted molar refractivity (Wildman–Crippen MR) is 75.1 cm³/mol. The molecule has 0 aliphatic carbocycles. The average Bonchev–Trinajstić information content (AvgIpc) is 2.44. The minimum atomic E-state index is -3.97. The van der Waals surface area contributed by atoms with Crippen LogP contribution in [0.3, 0.4) is 0 Å². The first-order chi connectivity index (χ1) is 11.1. The molecule has 2 aromatic carbocycles. The lowest BCUT2D eigenvalue weighted by atomic mass is 10.2. The van der Waals surface area contributed by atoms with E-state index in [4.69, 9.17) is 4.74 Å². The highest BCUT2D eigenvalue weighted by Crippen LogP contribution is 2.28. The van der Waals surface area contributed by atoms with Gasteiger partial charge in [0.05, 0.1) is 11.8 Å². The Balaban J connectivity index is 2.32. The van der Waals surface area contributed by atoms with Crippen LogP contribution < -0.4 is 9.46 Å². The molecule has 1 N–H and O–H groups in total. The molecule has 0 bridgehead atoms. The Morgan fingerprint density at radius 3 is 2.21 bits per heavy atom. The van der Waals surface area contributed by atoms with Crippen LogP contribution in [0.1, 0.15) is 10.4 Å². The first kappa shape index (κ1) is 17.7. The molecule has 10 heteroatoms. The first-order valence-corrected chi connectivity index (χ1v) is 8.10. The van der Waals surface area contributed by atoms with E-state index in [1.54, 1.807) is 0 Å². The summed E-state index contributed by atoms with van der Waals surface area (Å²) < 4.78 is 81.9. The van der Waals surface area contributed by atoms with E-state index in [0.717, 1.165) is 12.1 Å².